The molecule has 0 amide bonds. The summed E-state index contributed by atoms with van der Waals surface area (Å²) in [6.07, 6.45) is -15.5. The monoisotopic (exact) mass is 1720 g/mol. The fourth-order valence-corrected chi connectivity index (χ4v) is 14.8. The van der Waals surface area contributed by atoms with Crippen molar-refractivity contribution in [3.63, 3.8) is 0 Å². The number of nitrogen functional groups attached to an aromatic ring is 5. The lowest BCUT2D eigenvalue weighted by molar-refractivity contribution is -0.0436. The number of anilines is 5. The van der Waals surface area contributed by atoms with Crippen LogP contribution in [0.2, 0.25) is 0 Å². The van der Waals surface area contributed by atoms with Gasteiger partial charge in [0, 0.05) is 12.4 Å². The molecule has 5 saturated heterocycles. The predicted octanol–water partition coefficient (Wildman–Crippen LogP) is -1.81. The van der Waals surface area contributed by atoms with Crippen LogP contribution in [0.5, 0.6) is 0 Å². The Morgan fingerprint density at radius 3 is 1.30 bits per heavy atom. The van der Waals surface area contributed by atoms with Gasteiger partial charge in [-0.2, -0.15) is 19.9 Å². The molecule has 10 aromatic rings. The number of nitrogens with one attached hydrogen (secondary N) is 4. The van der Waals surface area contributed by atoms with Gasteiger partial charge in [-0.05, 0) is 40.7 Å². The van der Waals surface area contributed by atoms with Crippen molar-refractivity contribution in [1.82, 2.24) is 87.6 Å². The molecule has 0 bridgehead atoms. The first-order valence-corrected chi connectivity index (χ1v) is 35.0. The average Bonchev–Trinajstić information content (AvgIpc) is 1.60. The fourth-order valence-electron chi connectivity index (χ4n) is 12.7. The number of aromatic amines is 4. The minimum Gasteiger partial charge on any atom is -0.394 e. The summed E-state index contributed by atoms with van der Waals surface area (Å²) in [5.41, 5.74) is 27.2. The third kappa shape index (κ3) is 15.4. The van der Waals surface area contributed by atoms with Gasteiger partial charge in [-0.15, -0.1) is 29.6 Å². The van der Waals surface area contributed by atoms with E-state index in [1.165, 1.54) is 90.3 Å². The fraction of sp³-hybridized carbons (Fsp3) is 0.448. The maximum Gasteiger partial charge on any atom is 0.280 e. The van der Waals surface area contributed by atoms with Gasteiger partial charge >= 0.3 is 0 Å². The maximum absolute atomic E-state index is 14.3. The van der Waals surface area contributed by atoms with E-state index in [1.54, 1.807) is 0 Å². The quantitative estimate of drug-likeness (QED) is 0.0408. The van der Waals surface area contributed by atoms with Gasteiger partial charge in [0.15, 0.2) is 100 Å². The molecule has 20 atom stereocenters. The number of nitrogens with two attached hydrogens (primary N) is 5. The number of hydrogen-bond donors (Lipinski definition) is 19. The lowest BCUT2D eigenvalue weighted by Crippen LogP contribution is -2.41. The number of aromatic nitrogens is 18. The second-order valence-electron chi connectivity index (χ2n) is 24.7. The zero-order chi connectivity index (χ0) is 92.8. The molecule has 15 heterocycles. The standard InChI is InChI=1S/C14H14ClFN4O4.C14H15ClN4O4.C13H14ClN5O4.C13H14ClN5O3S.C13H14ClN5O3/c1-2-3-14(15)9(22)7(5-21)24-12(14)20-4-6(16)8-10(20)18-13(17)19-11(8)23;1-2-4-14(15)9(21)8(6-20)23-12(14)19-5-3-7-10(19)17-13(16)18-11(7)22;1-2-3-13(14)8(21)6(4-20)23-11(13)19-5-16-7-9(19)17-12(15)18-10(7)22;1-2-3-13(14)8(21)6(4-20)22-11(13)19-5-16-7-9(19)17-12(15)18-10(7)23;1-2-3-13(14)9(21)8(5-20)22-11(13)19-6-17-7-4-16-12(15)18-10(7)19/h4,7,9,12,21-22H,5H2,1H3,(H3,17,18,19,23);3,5,8-9,12,20-21H,6H2,1H3,(H3,16,17,18,22);5-6,8,11,20-21H,4H2,1H3,(H3,15,17,18,22);5-6,8,11,20-21H,4H2,1H3,(H3,15,17,18,23);4,6,8-9,11,20-21H,5H2,1H3,(H2,15,16,18)/t7-,9+,12-,14?;8-,9+,12-,14?;2*6-,8+,11-,13?;8-,9+,11-,13?/m11111/s1/i5D2;6D2;2*4D2;5D2. The van der Waals surface area contributed by atoms with Crippen LogP contribution in [-0.4, -0.2) is 257 Å². The van der Waals surface area contributed by atoms with Crippen LogP contribution in [0.4, 0.5) is 34.1 Å². The van der Waals surface area contributed by atoms with E-state index in [1.807, 2.05) is 0 Å². The molecule has 5 aliphatic heterocycles. The van der Waals surface area contributed by atoms with Crippen molar-refractivity contribution in [2.45, 2.75) is 151 Å². The highest BCUT2D eigenvalue weighted by molar-refractivity contribution is 7.71. The van der Waals surface area contributed by atoms with Gasteiger partial charge in [0.1, 0.15) is 83.1 Å². The van der Waals surface area contributed by atoms with Crippen molar-refractivity contribution in [2.24, 2.45) is 0 Å². The van der Waals surface area contributed by atoms with Gasteiger partial charge in [-0.25, -0.2) is 29.3 Å². The molecule has 115 heavy (non-hydrogen) atoms. The number of H-pyrrole nitrogens is 4. The molecule has 0 aromatic carbocycles. The van der Waals surface area contributed by atoms with Gasteiger partial charge in [-0.3, -0.25) is 47.6 Å². The zero-order valence-electron chi connectivity index (χ0n) is 69.3. The van der Waals surface area contributed by atoms with Crippen LogP contribution in [0.3, 0.4) is 0 Å². The molecule has 5 unspecified atom stereocenters. The average molecular weight is 1720 g/mol. The number of hydrogen-bond acceptors (Lipinski definition) is 33. The first-order valence-electron chi connectivity index (χ1n) is 37.7. The van der Waals surface area contributed by atoms with E-state index in [0.29, 0.717) is 16.7 Å². The van der Waals surface area contributed by atoms with Crippen molar-refractivity contribution in [3.8, 4) is 59.2 Å². The molecule has 0 aliphatic carbocycles. The highest BCUT2D eigenvalue weighted by atomic mass is 35.5. The number of aliphatic hydroxyl groups is 10. The van der Waals surface area contributed by atoms with Crippen LogP contribution in [0.15, 0.2) is 58.0 Å². The summed E-state index contributed by atoms with van der Waals surface area (Å²) in [5, 5.41) is 100. The molecule has 5 aliphatic rings. The molecule has 24 N–H and O–H groups in total. The van der Waals surface area contributed by atoms with Crippen LogP contribution >= 0.6 is 70.2 Å². The summed E-state index contributed by atoms with van der Waals surface area (Å²) in [6, 6.07) is 1.45. The molecule has 48 heteroatoms. The molecule has 0 spiro atoms. The number of nitrogens with zero attached hydrogens (tertiary/aromatic N) is 14. The topological polar surface area (TPSA) is 634 Å². The Kier molecular flexibility index (Phi) is 21.6. The molecule has 0 radical (unpaired) electrons. The Morgan fingerprint density at radius 1 is 0.478 bits per heavy atom. The van der Waals surface area contributed by atoms with Crippen molar-refractivity contribution >= 4 is 156 Å². The number of halogens is 6. The summed E-state index contributed by atoms with van der Waals surface area (Å²) in [5.74, 6) is 24.2. The second-order valence-corrected chi connectivity index (χ2v) is 28.2. The molecular weight excluding hydrogens is 1640 g/mol. The van der Waals surface area contributed by atoms with E-state index in [9.17, 15) is 69.8 Å². The Morgan fingerprint density at radius 2 is 0.843 bits per heavy atom. The Bertz CT molecular complexity index is 6090. The van der Waals surface area contributed by atoms with E-state index < -0.39 is 177 Å². The SMILES string of the molecule is [2H]C([2H])(O)[C@H]1O[C@@H](n2cc(F)c3c(=O)[nH]c(N)nc32)C(Cl)(C#CC)[C@H]1O.[2H]C([2H])(O)[C@H]1O[C@@H](n2ccc3c(=O)[nH]c(N)nc32)C(Cl)(C#CC)[C@H]1O.[2H]C([2H])(O)[C@H]1O[C@@H](n2cnc3c(=O)[nH]c(N)nc32)C(Cl)(C#CC)[C@H]1O.[2H]C([2H])(O)[C@H]1O[C@@H](n2cnc3c(=S)nc(N)[nH]c32)C(Cl)(C#CC)[C@H]1O.[2H]C([2H])(O)[C@H]1O[C@@H](n2cnc3cnc(N)nc32)C(Cl)(C#CC)[C@H]1O. The van der Waals surface area contributed by atoms with Crippen molar-refractivity contribution in [2.75, 3.05) is 61.5 Å². The molecule has 610 valence electrons. The zero-order valence-corrected chi connectivity index (χ0v) is 63.9. The van der Waals surface area contributed by atoms with Gasteiger partial charge in [0.25, 0.3) is 16.7 Å². The minimum absolute atomic E-state index is 0.00131. The van der Waals surface area contributed by atoms with Crippen LogP contribution < -0.4 is 45.3 Å². The maximum atomic E-state index is 14.3. The van der Waals surface area contributed by atoms with Crippen molar-refractivity contribution in [1.29, 1.82) is 0 Å². The van der Waals surface area contributed by atoms with Gasteiger partial charge in [0.2, 0.25) is 23.8 Å². The highest BCUT2D eigenvalue weighted by Crippen LogP contribution is 2.49. The second kappa shape index (κ2) is 34.1. The number of aliphatic hydroxyl groups excluding tert-OH is 5. The lowest BCUT2D eigenvalue weighted by atomic mass is 9.99. The summed E-state index contributed by atoms with van der Waals surface area (Å²) in [7, 11) is 0. The molecule has 10 aromatic heterocycles. The van der Waals surface area contributed by atoms with Gasteiger partial charge in [-0.1, -0.05) is 99.8 Å². The van der Waals surface area contributed by atoms with E-state index in [0.717, 1.165) is 10.8 Å². The van der Waals surface area contributed by atoms with E-state index in [2.05, 4.69) is 124 Å². The first-order chi connectivity index (χ1) is 58.0. The number of ether oxygens (including phenoxy) is 5. The molecule has 15 rings (SSSR count). The Balaban J connectivity index is 0.000000152. The van der Waals surface area contributed by atoms with Crippen molar-refractivity contribution in [3.05, 3.63) is 85.2 Å². The Hall–Kier alpha value is -9.91. The van der Waals surface area contributed by atoms with Crippen LogP contribution in [0.1, 0.15) is 79.5 Å². The summed E-state index contributed by atoms with van der Waals surface area (Å²) < 4.78 is 123. The number of fused-ring (bicyclic) bond motifs is 5. The number of imidazole rings is 3. The summed E-state index contributed by atoms with van der Waals surface area (Å²) >= 11 is 37.4. The third-order valence-corrected chi connectivity index (χ3v) is 20.6. The van der Waals surface area contributed by atoms with Crippen LogP contribution in [-0.2, 0) is 23.7 Å². The van der Waals surface area contributed by atoms with Gasteiger partial charge in [0.05, 0.1) is 77.1 Å². The van der Waals surface area contributed by atoms with Crippen LogP contribution in [0.25, 0.3) is 55.6 Å². The molecule has 0 saturated carbocycles. The summed E-state index contributed by atoms with van der Waals surface area (Å²) in [6.45, 7) is -6.97. The third-order valence-electron chi connectivity index (χ3n) is 17.7. The van der Waals surface area contributed by atoms with E-state index in [-0.39, 0.29) is 67.9 Å². The minimum atomic E-state index is -2.96. The normalized spacial score (nSPS) is 32.3. The van der Waals surface area contributed by atoms with Gasteiger partial charge < -0.3 is 113 Å². The smallest absolute Gasteiger partial charge is 0.280 e. The lowest BCUT2D eigenvalue weighted by Gasteiger charge is -2.25. The molecule has 5 fully saturated rings. The largest absolute Gasteiger partial charge is 0.394 e. The van der Waals surface area contributed by atoms with Crippen molar-refractivity contribution < 1.29 is 92.8 Å². The van der Waals surface area contributed by atoms with E-state index in [4.69, 9.17) is 136 Å². The molecular formula is C67H71Cl5FN23O18S. The molecule has 41 nitrogen and oxygen atoms in total. The van der Waals surface area contributed by atoms with Crippen LogP contribution in [0, 0.1) is 69.7 Å². The first kappa shape index (κ1) is 72.8. The van der Waals surface area contributed by atoms with E-state index >= 15 is 0 Å². The number of rotatable bonds is 10. The Labute approximate surface area is 689 Å². The highest BCUT2D eigenvalue weighted by Gasteiger charge is 2.60. The number of alkyl halides is 5. The summed E-state index contributed by atoms with van der Waals surface area (Å²) in [4.78, 5) is 72.2. The predicted molar refractivity (Wildman–Crippen MR) is 414 cm³/mol.